The monoisotopic (exact) mass is 220 g/mol. The van der Waals surface area contributed by atoms with Crippen molar-refractivity contribution in [1.29, 1.82) is 0 Å². The Kier molecular flexibility index (Phi) is 2.93. The molecule has 1 N–H and O–H groups in total. The molecule has 14 heavy (non-hydrogen) atoms. The lowest BCUT2D eigenvalue weighted by atomic mass is 10.3. The van der Waals surface area contributed by atoms with Crippen LogP contribution >= 0.6 is 0 Å². The van der Waals surface area contributed by atoms with Crippen LogP contribution in [0.3, 0.4) is 0 Å². The topological polar surface area (TPSA) is 77.9 Å². The number of carbonyl (C=O) groups is 1. The van der Waals surface area contributed by atoms with E-state index in [1.54, 1.807) is 0 Å². The molecular formula is C7H12N2O4S. The van der Waals surface area contributed by atoms with Crippen molar-refractivity contribution < 1.29 is 18.3 Å². The highest BCUT2D eigenvalue weighted by Crippen LogP contribution is 2.19. The fourth-order valence-corrected chi connectivity index (χ4v) is 2.76. The molecule has 0 amide bonds. The van der Waals surface area contributed by atoms with E-state index < -0.39 is 22.2 Å². The summed E-state index contributed by atoms with van der Waals surface area (Å²) < 4.78 is 25.0. The van der Waals surface area contributed by atoms with Crippen LogP contribution in [-0.4, -0.2) is 54.3 Å². The number of carboxylic acid groups (broad SMARTS) is 1. The summed E-state index contributed by atoms with van der Waals surface area (Å²) in [6, 6.07) is -1.00. The second-order valence-corrected chi connectivity index (χ2v) is 4.97. The maximum atomic E-state index is 11.5. The Labute approximate surface area is 82.6 Å². The van der Waals surface area contributed by atoms with E-state index in [9.17, 15) is 13.2 Å². The van der Waals surface area contributed by atoms with Crippen LogP contribution in [0.5, 0.6) is 0 Å². The molecule has 0 aliphatic carbocycles. The summed E-state index contributed by atoms with van der Waals surface area (Å²) in [5.41, 5.74) is 0. The Morgan fingerprint density at radius 3 is 2.64 bits per heavy atom. The second-order valence-electron chi connectivity index (χ2n) is 2.98. The van der Waals surface area contributed by atoms with Crippen LogP contribution < -0.4 is 0 Å². The van der Waals surface area contributed by atoms with Gasteiger partial charge in [-0.05, 0) is 0 Å². The second kappa shape index (κ2) is 3.68. The number of rotatable bonds is 3. The van der Waals surface area contributed by atoms with Gasteiger partial charge in [-0.2, -0.15) is 17.0 Å². The van der Waals surface area contributed by atoms with E-state index in [1.807, 2.05) is 0 Å². The highest BCUT2D eigenvalue weighted by Gasteiger charge is 2.44. The van der Waals surface area contributed by atoms with Crippen LogP contribution in [0.15, 0.2) is 12.7 Å². The molecular weight excluding hydrogens is 208 g/mol. The molecule has 7 heteroatoms. The Hall–Kier alpha value is -0.920. The molecule has 6 nitrogen and oxygen atoms in total. The molecule has 1 rings (SSSR count). The van der Waals surface area contributed by atoms with Crippen molar-refractivity contribution in [2.24, 2.45) is 0 Å². The summed E-state index contributed by atoms with van der Waals surface area (Å²) in [5.74, 6) is -1.14. The van der Waals surface area contributed by atoms with Gasteiger partial charge in [0.05, 0.1) is 0 Å². The number of aliphatic carboxylic acids is 1. The summed E-state index contributed by atoms with van der Waals surface area (Å²) >= 11 is 0. The molecule has 0 aromatic carbocycles. The third-order valence-corrected chi connectivity index (χ3v) is 4.06. The standard InChI is InChI=1S/C7H12N2O4S/c1-3-4-9-5-6(7(10)11)8(2)14(9,12)13/h3,6H,1,4-5H2,2H3,(H,10,11). The van der Waals surface area contributed by atoms with Crippen LogP contribution in [0.4, 0.5) is 0 Å². The number of likely N-dealkylation sites (N-methyl/N-ethyl adjacent to an activating group) is 1. The van der Waals surface area contributed by atoms with Crippen LogP contribution in [0.2, 0.25) is 0 Å². The van der Waals surface area contributed by atoms with Gasteiger partial charge in [-0.3, -0.25) is 4.79 Å². The molecule has 0 bridgehead atoms. The van der Waals surface area contributed by atoms with E-state index in [0.29, 0.717) is 0 Å². The van der Waals surface area contributed by atoms with Gasteiger partial charge in [-0.15, -0.1) is 6.58 Å². The molecule has 1 saturated heterocycles. The predicted molar refractivity (Wildman–Crippen MR) is 49.9 cm³/mol. The first-order chi connectivity index (χ1) is 6.41. The normalized spacial score (nSPS) is 27.6. The van der Waals surface area contributed by atoms with Gasteiger partial charge in [0.25, 0.3) is 10.2 Å². The molecule has 0 aromatic rings. The summed E-state index contributed by atoms with van der Waals surface area (Å²) in [5, 5.41) is 8.74. The molecule has 1 heterocycles. The highest BCUT2D eigenvalue weighted by atomic mass is 32.2. The number of hydrogen-bond acceptors (Lipinski definition) is 3. The number of carboxylic acids is 1. The molecule has 1 atom stereocenters. The average molecular weight is 220 g/mol. The SMILES string of the molecule is C=CCN1CC(C(=O)O)N(C)S1(=O)=O. The zero-order valence-electron chi connectivity index (χ0n) is 7.75. The maximum absolute atomic E-state index is 11.5. The van der Waals surface area contributed by atoms with Crippen molar-refractivity contribution in [2.75, 3.05) is 20.1 Å². The van der Waals surface area contributed by atoms with Crippen molar-refractivity contribution in [3.63, 3.8) is 0 Å². The molecule has 1 fully saturated rings. The minimum atomic E-state index is -3.61. The first-order valence-corrected chi connectivity index (χ1v) is 5.37. The van der Waals surface area contributed by atoms with E-state index >= 15 is 0 Å². The predicted octanol–water partition coefficient (Wildman–Crippen LogP) is -0.882. The average Bonchev–Trinajstić information content (AvgIpc) is 2.29. The van der Waals surface area contributed by atoms with Gasteiger partial charge in [-0.1, -0.05) is 6.08 Å². The first kappa shape index (κ1) is 11.2. The molecule has 0 saturated carbocycles. The summed E-state index contributed by atoms with van der Waals surface area (Å²) in [6.07, 6.45) is 1.43. The zero-order chi connectivity index (χ0) is 10.9. The third-order valence-electron chi connectivity index (χ3n) is 2.12. The number of nitrogens with zero attached hydrogens (tertiary/aromatic N) is 2. The van der Waals surface area contributed by atoms with E-state index in [0.717, 1.165) is 8.61 Å². The van der Waals surface area contributed by atoms with Gasteiger partial charge < -0.3 is 5.11 Å². The van der Waals surface area contributed by atoms with Gasteiger partial charge in [0.1, 0.15) is 6.04 Å². The summed E-state index contributed by atoms with van der Waals surface area (Å²) in [4.78, 5) is 10.7. The fourth-order valence-electron chi connectivity index (χ4n) is 1.29. The maximum Gasteiger partial charge on any atom is 0.323 e. The molecule has 1 aliphatic heterocycles. The van der Waals surface area contributed by atoms with Gasteiger partial charge in [-0.25, -0.2) is 0 Å². The van der Waals surface area contributed by atoms with E-state index in [1.165, 1.54) is 13.1 Å². The summed E-state index contributed by atoms with van der Waals surface area (Å²) in [7, 11) is -2.35. The molecule has 0 aromatic heterocycles. The molecule has 0 radical (unpaired) electrons. The molecule has 1 unspecified atom stereocenters. The quantitative estimate of drug-likeness (QED) is 0.626. The van der Waals surface area contributed by atoms with Crippen molar-refractivity contribution in [2.45, 2.75) is 6.04 Å². The largest absolute Gasteiger partial charge is 0.480 e. The van der Waals surface area contributed by atoms with Gasteiger partial charge in [0, 0.05) is 20.1 Å². The summed E-state index contributed by atoms with van der Waals surface area (Å²) in [6.45, 7) is 3.52. The van der Waals surface area contributed by atoms with Crippen molar-refractivity contribution in [3.05, 3.63) is 12.7 Å². The molecule has 1 aliphatic rings. The smallest absolute Gasteiger partial charge is 0.323 e. The first-order valence-electron chi connectivity index (χ1n) is 3.98. The fraction of sp³-hybridized carbons (Fsp3) is 0.571. The Morgan fingerprint density at radius 1 is 1.71 bits per heavy atom. The lowest BCUT2D eigenvalue weighted by Gasteiger charge is -2.13. The third kappa shape index (κ3) is 1.66. The Morgan fingerprint density at radius 2 is 2.29 bits per heavy atom. The minimum Gasteiger partial charge on any atom is -0.480 e. The van der Waals surface area contributed by atoms with E-state index in [2.05, 4.69) is 6.58 Å². The van der Waals surface area contributed by atoms with Gasteiger partial charge in [0.15, 0.2) is 0 Å². The number of hydrogen-bond donors (Lipinski definition) is 1. The van der Waals surface area contributed by atoms with Gasteiger partial charge in [0.2, 0.25) is 0 Å². The van der Waals surface area contributed by atoms with E-state index in [-0.39, 0.29) is 13.1 Å². The Bertz CT molecular complexity index is 351. The van der Waals surface area contributed by atoms with Crippen LogP contribution in [0.1, 0.15) is 0 Å². The van der Waals surface area contributed by atoms with Crippen molar-refractivity contribution >= 4 is 16.2 Å². The molecule has 80 valence electrons. The lowest BCUT2D eigenvalue weighted by molar-refractivity contribution is -0.140. The lowest BCUT2D eigenvalue weighted by Crippen LogP contribution is -2.36. The highest BCUT2D eigenvalue weighted by molar-refractivity contribution is 7.87. The van der Waals surface area contributed by atoms with Crippen molar-refractivity contribution in [3.8, 4) is 0 Å². The van der Waals surface area contributed by atoms with Crippen molar-refractivity contribution in [1.82, 2.24) is 8.61 Å². The van der Waals surface area contributed by atoms with Gasteiger partial charge >= 0.3 is 5.97 Å². The van der Waals surface area contributed by atoms with E-state index in [4.69, 9.17) is 5.11 Å². The van der Waals surface area contributed by atoms with Crippen LogP contribution in [-0.2, 0) is 15.0 Å². The zero-order valence-corrected chi connectivity index (χ0v) is 8.57. The molecule has 0 spiro atoms. The van der Waals surface area contributed by atoms with Crippen LogP contribution in [0, 0.1) is 0 Å². The minimum absolute atomic E-state index is 0.0276. The Balaban J connectivity index is 2.96. The van der Waals surface area contributed by atoms with Crippen LogP contribution in [0.25, 0.3) is 0 Å².